The lowest BCUT2D eigenvalue weighted by molar-refractivity contribution is 0.112. The Balaban J connectivity index is 2.40. The topological polar surface area (TPSA) is 57.5 Å². The summed E-state index contributed by atoms with van der Waals surface area (Å²) >= 11 is 0. The molecular formula is C15H12O3. The standard InChI is InChI=1S/C15H12O3/c16-10-12-7-9-14(17)13(15(12)18)8-6-11-4-2-1-3-5-11/h1-10,17-18H. The van der Waals surface area contributed by atoms with Crippen LogP contribution >= 0.6 is 0 Å². The molecule has 0 fully saturated rings. The third kappa shape index (κ3) is 2.40. The highest BCUT2D eigenvalue weighted by Gasteiger charge is 2.08. The summed E-state index contributed by atoms with van der Waals surface area (Å²) in [6.45, 7) is 0. The van der Waals surface area contributed by atoms with Gasteiger partial charge in [-0.25, -0.2) is 0 Å². The van der Waals surface area contributed by atoms with E-state index in [0.29, 0.717) is 6.29 Å². The Morgan fingerprint density at radius 3 is 2.28 bits per heavy atom. The zero-order valence-corrected chi connectivity index (χ0v) is 9.58. The third-order valence-electron chi connectivity index (χ3n) is 2.59. The van der Waals surface area contributed by atoms with Crippen LogP contribution in [0.3, 0.4) is 0 Å². The maximum atomic E-state index is 10.7. The van der Waals surface area contributed by atoms with E-state index in [4.69, 9.17) is 0 Å². The van der Waals surface area contributed by atoms with Crippen molar-refractivity contribution in [1.82, 2.24) is 0 Å². The molecule has 0 amide bonds. The highest BCUT2D eigenvalue weighted by atomic mass is 16.3. The van der Waals surface area contributed by atoms with Crippen molar-refractivity contribution in [2.24, 2.45) is 0 Å². The number of phenols is 2. The molecule has 2 rings (SSSR count). The van der Waals surface area contributed by atoms with Crippen molar-refractivity contribution in [3.8, 4) is 11.5 Å². The predicted molar refractivity (Wildman–Crippen MR) is 70.5 cm³/mol. The predicted octanol–water partition coefficient (Wildman–Crippen LogP) is 3.08. The van der Waals surface area contributed by atoms with Crippen LogP contribution in [0.15, 0.2) is 42.5 Å². The van der Waals surface area contributed by atoms with Crippen molar-refractivity contribution < 1.29 is 15.0 Å². The van der Waals surface area contributed by atoms with Gasteiger partial charge in [0.25, 0.3) is 0 Å². The molecule has 0 aliphatic rings. The van der Waals surface area contributed by atoms with Gasteiger partial charge < -0.3 is 10.2 Å². The first-order valence-corrected chi connectivity index (χ1v) is 5.45. The van der Waals surface area contributed by atoms with E-state index in [1.807, 2.05) is 30.3 Å². The zero-order valence-electron chi connectivity index (χ0n) is 9.58. The summed E-state index contributed by atoms with van der Waals surface area (Å²) in [5.41, 5.74) is 1.33. The van der Waals surface area contributed by atoms with Crippen molar-refractivity contribution in [2.45, 2.75) is 0 Å². The summed E-state index contributed by atoms with van der Waals surface area (Å²) in [5.74, 6) is -0.275. The Morgan fingerprint density at radius 1 is 0.889 bits per heavy atom. The lowest BCUT2D eigenvalue weighted by atomic mass is 10.1. The van der Waals surface area contributed by atoms with Crippen LogP contribution in [-0.4, -0.2) is 16.5 Å². The van der Waals surface area contributed by atoms with E-state index in [9.17, 15) is 15.0 Å². The lowest BCUT2D eigenvalue weighted by Gasteiger charge is -2.04. The van der Waals surface area contributed by atoms with Gasteiger partial charge in [0.05, 0.1) is 11.1 Å². The van der Waals surface area contributed by atoms with Crippen LogP contribution in [0.5, 0.6) is 11.5 Å². The SMILES string of the molecule is O=Cc1ccc(O)c(C=Cc2ccccc2)c1O. The molecular weight excluding hydrogens is 228 g/mol. The first-order chi connectivity index (χ1) is 8.72. The minimum atomic E-state index is -0.211. The molecule has 90 valence electrons. The smallest absolute Gasteiger partial charge is 0.153 e. The second-order valence-corrected chi connectivity index (χ2v) is 3.80. The molecule has 3 nitrogen and oxygen atoms in total. The summed E-state index contributed by atoms with van der Waals surface area (Å²) in [4.78, 5) is 10.7. The average molecular weight is 240 g/mol. The van der Waals surface area contributed by atoms with Gasteiger partial charge in [-0.1, -0.05) is 36.4 Å². The van der Waals surface area contributed by atoms with E-state index in [2.05, 4.69) is 0 Å². The van der Waals surface area contributed by atoms with E-state index < -0.39 is 0 Å². The van der Waals surface area contributed by atoms with Crippen molar-refractivity contribution in [3.63, 3.8) is 0 Å². The monoisotopic (exact) mass is 240 g/mol. The van der Waals surface area contributed by atoms with Crippen LogP contribution in [0.25, 0.3) is 12.2 Å². The number of aromatic hydroxyl groups is 2. The van der Waals surface area contributed by atoms with Gasteiger partial charge in [0.2, 0.25) is 0 Å². The van der Waals surface area contributed by atoms with Gasteiger partial charge in [0, 0.05) is 0 Å². The fourth-order valence-electron chi connectivity index (χ4n) is 1.62. The zero-order chi connectivity index (χ0) is 13.0. The molecule has 0 unspecified atom stereocenters. The van der Waals surface area contributed by atoms with E-state index in [-0.39, 0.29) is 22.6 Å². The van der Waals surface area contributed by atoms with Gasteiger partial charge in [-0.2, -0.15) is 0 Å². The fourth-order valence-corrected chi connectivity index (χ4v) is 1.62. The van der Waals surface area contributed by atoms with Crippen LogP contribution in [-0.2, 0) is 0 Å². The lowest BCUT2D eigenvalue weighted by Crippen LogP contribution is -1.85. The molecule has 0 bridgehead atoms. The third-order valence-corrected chi connectivity index (χ3v) is 2.59. The quantitative estimate of drug-likeness (QED) is 0.640. The second-order valence-electron chi connectivity index (χ2n) is 3.80. The molecule has 2 aromatic carbocycles. The van der Waals surface area contributed by atoms with Crippen molar-refractivity contribution in [1.29, 1.82) is 0 Å². The number of benzene rings is 2. The highest BCUT2D eigenvalue weighted by molar-refractivity contribution is 5.85. The number of phenolic OH excluding ortho intramolecular Hbond substituents is 2. The fraction of sp³-hybridized carbons (Fsp3) is 0. The van der Waals surface area contributed by atoms with E-state index in [1.165, 1.54) is 12.1 Å². The number of carbonyl (C=O) groups is 1. The largest absolute Gasteiger partial charge is 0.507 e. The Hall–Kier alpha value is -2.55. The Bertz CT molecular complexity index is 586. The molecule has 0 aliphatic carbocycles. The number of hydrogen-bond donors (Lipinski definition) is 2. The summed E-state index contributed by atoms with van der Waals surface area (Å²) in [6.07, 6.45) is 3.88. The maximum absolute atomic E-state index is 10.7. The summed E-state index contributed by atoms with van der Waals surface area (Å²) < 4.78 is 0. The molecule has 2 N–H and O–H groups in total. The van der Waals surface area contributed by atoms with Crippen LogP contribution in [0.4, 0.5) is 0 Å². The van der Waals surface area contributed by atoms with Crippen molar-refractivity contribution in [2.75, 3.05) is 0 Å². The maximum Gasteiger partial charge on any atom is 0.153 e. The van der Waals surface area contributed by atoms with Crippen LogP contribution in [0.2, 0.25) is 0 Å². The molecule has 3 heteroatoms. The summed E-state index contributed by atoms with van der Waals surface area (Å²) in [5, 5.41) is 19.5. The van der Waals surface area contributed by atoms with Gasteiger partial charge in [0.1, 0.15) is 11.5 Å². The van der Waals surface area contributed by atoms with Gasteiger partial charge in [-0.05, 0) is 23.8 Å². The molecule has 0 radical (unpaired) electrons. The number of carbonyl (C=O) groups excluding carboxylic acids is 1. The van der Waals surface area contributed by atoms with Gasteiger partial charge in [0.15, 0.2) is 6.29 Å². The molecule has 0 atom stereocenters. The van der Waals surface area contributed by atoms with Gasteiger partial charge in [-0.15, -0.1) is 0 Å². The van der Waals surface area contributed by atoms with Crippen LogP contribution in [0.1, 0.15) is 21.5 Å². The Kier molecular flexibility index (Phi) is 3.44. The summed E-state index contributed by atoms with van der Waals surface area (Å²) in [6, 6.07) is 12.2. The highest BCUT2D eigenvalue weighted by Crippen LogP contribution is 2.31. The first-order valence-electron chi connectivity index (χ1n) is 5.45. The van der Waals surface area contributed by atoms with Gasteiger partial charge >= 0.3 is 0 Å². The molecule has 0 saturated carbocycles. The number of aldehydes is 1. The minimum absolute atomic E-state index is 0.0646. The Morgan fingerprint density at radius 2 is 1.61 bits per heavy atom. The van der Waals surface area contributed by atoms with E-state index >= 15 is 0 Å². The minimum Gasteiger partial charge on any atom is -0.507 e. The molecule has 0 heterocycles. The Labute approximate surface area is 105 Å². The molecule has 0 aromatic heterocycles. The van der Waals surface area contributed by atoms with Gasteiger partial charge in [-0.3, -0.25) is 4.79 Å². The molecule has 0 saturated heterocycles. The molecule has 0 aliphatic heterocycles. The van der Waals surface area contributed by atoms with Crippen LogP contribution in [0, 0.1) is 0 Å². The second kappa shape index (κ2) is 5.19. The van der Waals surface area contributed by atoms with Crippen molar-refractivity contribution >= 4 is 18.4 Å². The van der Waals surface area contributed by atoms with Crippen LogP contribution < -0.4 is 0 Å². The van der Waals surface area contributed by atoms with Crippen molar-refractivity contribution in [3.05, 3.63) is 59.2 Å². The van der Waals surface area contributed by atoms with E-state index in [1.54, 1.807) is 12.2 Å². The average Bonchev–Trinajstić information content (AvgIpc) is 2.40. The molecule has 18 heavy (non-hydrogen) atoms. The first kappa shape index (κ1) is 11.9. The molecule has 2 aromatic rings. The number of hydrogen-bond acceptors (Lipinski definition) is 3. The molecule has 0 spiro atoms. The van der Waals surface area contributed by atoms with E-state index in [0.717, 1.165) is 5.56 Å². The summed E-state index contributed by atoms with van der Waals surface area (Å²) in [7, 11) is 0. The number of rotatable bonds is 3. The normalized spacial score (nSPS) is 10.7.